The van der Waals surface area contributed by atoms with Gasteiger partial charge in [0.05, 0.1) is 10.2 Å². The van der Waals surface area contributed by atoms with Crippen molar-refractivity contribution in [3.8, 4) is 0 Å². The first-order valence-electron chi connectivity index (χ1n) is 7.72. The minimum absolute atomic E-state index is 0. The highest BCUT2D eigenvalue weighted by atomic mass is 35.5. The molecule has 0 aliphatic rings. The van der Waals surface area contributed by atoms with E-state index in [1.54, 1.807) is 23.1 Å². The molecule has 1 heterocycles. The molecule has 1 amide bonds. The fourth-order valence-corrected chi connectivity index (χ4v) is 3.91. The molecule has 138 valence electrons. The predicted molar refractivity (Wildman–Crippen MR) is 114 cm³/mol. The molecule has 2 aromatic carbocycles. The number of aromatic nitrogens is 1. The van der Waals surface area contributed by atoms with E-state index in [1.807, 2.05) is 43.3 Å². The summed E-state index contributed by atoms with van der Waals surface area (Å²) in [5.74, 6) is -0.162. The van der Waals surface area contributed by atoms with Gasteiger partial charge in [-0.1, -0.05) is 46.7 Å². The quantitative estimate of drug-likeness (QED) is 0.556. The Kier molecular flexibility index (Phi) is 7.26. The van der Waals surface area contributed by atoms with Crippen molar-refractivity contribution in [2.24, 2.45) is 0 Å². The highest BCUT2D eigenvalue weighted by molar-refractivity contribution is 7.22. The van der Waals surface area contributed by atoms with E-state index in [0.29, 0.717) is 27.3 Å². The number of anilines is 1. The molecule has 0 saturated carbocycles. The van der Waals surface area contributed by atoms with Crippen molar-refractivity contribution in [3.05, 3.63) is 58.1 Å². The Morgan fingerprint density at radius 2 is 1.73 bits per heavy atom. The van der Waals surface area contributed by atoms with Gasteiger partial charge < -0.3 is 4.90 Å². The first kappa shape index (κ1) is 20.9. The molecule has 0 fully saturated rings. The van der Waals surface area contributed by atoms with Crippen LogP contribution in [0.1, 0.15) is 10.4 Å². The van der Waals surface area contributed by atoms with E-state index in [1.165, 1.54) is 11.3 Å². The Balaban J connectivity index is 0.00000243. The van der Waals surface area contributed by atoms with Crippen LogP contribution in [0.5, 0.6) is 0 Å². The molecule has 8 heteroatoms. The van der Waals surface area contributed by atoms with E-state index in [2.05, 4.69) is 4.98 Å². The van der Waals surface area contributed by atoms with Crippen molar-refractivity contribution >= 4 is 68.2 Å². The lowest BCUT2D eigenvalue weighted by Gasteiger charge is -2.22. The molecule has 0 bridgehead atoms. The third kappa shape index (κ3) is 4.87. The monoisotopic (exact) mass is 429 g/mol. The number of halogens is 3. The number of hydrogen-bond acceptors (Lipinski definition) is 4. The van der Waals surface area contributed by atoms with Crippen LogP contribution in [0.2, 0.25) is 10.0 Å². The number of fused-ring (bicyclic) bond motifs is 1. The predicted octanol–water partition coefficient (Wildman–Crippen LogP) is 5.23. The van der Waals surface area contributed by atoms with Crippen LogP contribution >= 0.6 is 46.9 Å². The number of amides is 1. The van der Waals surface area contributed by atoms with Crippen molar-refractivity contribution < 1.29 is 4.79 Å². The molecule has 26 heavy (non-hydrogen) atoms. The molecule has 0 spiro atoms. The van der Waals surface area contributed by atoms with Gasteiger partial charge in [-0.3, -0.25) is 9.69 Å². The molecule has 0 unspecified atom stereocenters. The summed E-state index contributed by atoms with van der Waals surface area (Å²) in [6.45, 7) is 1.24. The molecule has 3 aromatic rings. The van der Waals surface area contributed by atoms with Gasteiger partial charge in [0, 0.05) is 28.7 Å². The standard InChI is InChI=1S/C18H17Cl2N3OS.ClH/c1-22(2)7-8-23(17(24)12-9-13(19)11-14(20)10-12)18-21-15-5-3-4-6-16(15)25-18;/h3-6,9-11H,7-8H2,1-2H3;1H. The summed E-state index contributed by atoms with van der Waals surface area (Å²) in [6, 6.07) is 12.7. The van der Waals surface area contributed by atoms with Crippen LogP contribution in [-0.4, -0.2) is 43.0 Å². The second kappa shape index (κ2) is 9.02. The lowest BCUT2D eigenvalue weighted by molar-refractivity contribution is 0.0985. The zero-order valence-corrected chi connectivity index (χ0v) is 17.4. The van der Waals surface area contributed by atoms with E-state index in [9.17, 15) is 4.79 Å². The Morgan fingerprint density at radius 3 is 2.35 bits per heavy atom. The summed E-state index contributed by atoms with van der Waals surface area (Å²) >= 11 is 13.6. The maximum absolute atomic E-state index is 13.1. The highest BCUT2D eigenvalue weighted by Gasteiger charge is 2.22. The fourth-order valence-electron chi connectivity index (χ4n) is 2.39. The number of thiazole rings is 1. The van der Waals surface area contributed by atoms with Crippen LogP contribution in [0.3, 0.4) is 0 Å². The van der Waals surface area contributed by atoms with E-state index >= 15 is 0 Å². The van der Waals surface area contributed by atoms with Crippen molar-refractivity contribution in [2.45, 2.75) is 0 Å². The van der Waals surface area contributed by atoms with Crippen LogP contribution < -0.4 is 4.90 Å². The van der Waals surface area contributed by atoms with Gasteiger partial charge in [0.1, 0.15) is 0 Å². The smallest absolute Gasteiger partial charge is 0.260 e. The Bertz CT molecular complexity index is 860. The molecule has 0 atom stereocenters. The van der Waals surface area contributed by atoms with Gasteiger partial charge in [-0.05, 0) is 44.4 Å². The SMILES string of the molecule is CN(C)CCN(C(=O)c1cc(Cl)cc(Cl)c1)c1nc2ccccc2s1.Cl. The average molecular weight is 431 g/mol. The van der Waals surface area contributed by atoms with E-state index in [4.69, 9.17) is 23.2 Å². The summed E-state index contributed by atoms with van der Waals surface area (Å²) in [5, 5.41) is 1.55. The Labute approximate surface area is 172 Å². The van der Waals surface area contributed by atoms with E-state index in [0.717, 1.165) is 16.8 Å². The summed E-state index contributed by atoms with van der Waals surface area (Å²) in [4.78, 5) is 21.4. The first-order chi connectivity index (χ1) is 11.9. The molecule has 0 aliphatic carbocycles. The van der Waals surface area contributed by atoms with E-state index < -0.39 is 0 Å². The summed E-state index contributed by atoms with van der Waals surface area (Å²) in [5.41, 5.74) is 1.34. The van der Waals surface area contributed by atoms with Gasteiger partial charge in [-0.15, -0.1) is 12.4 Å². The Morgan fingerprint density at radius 1 is 1.08 bits per heavy atom. The van der Waals surface area contributed by atoms with Gasteiger partial charge in [0.25, 0.3) is 5.91 Å². The molecule has 0 aliphatic heterocycles. The lowest BCUT2D eigenvalue weighted by Crippen LogP contribution is -2.36. The van der Waals surface area contributed by atoms with Crippen molar-refractivity contribution in [2.75, 3.05) is 32.1 Å². The second-order valence-electron chi connectivity index (χ2n) is 5.88. The number of carbonyl (C=O) groups excluding carboxylic acids is 1. The van der Waals surface area contributed by atoms with Crippen LogP contribution in [0.25, 0.3) is 10.2 Å². The topological polar surface area (TPSA) is 36.4 Å². The summed E-state index contributed by atoms with van der Waals surface area (Å²) < 4.78 is 1.05. The minimum Gasteiger partial charge on any atom is -0.308 e. The molecule has 3 rings (SSSR count). The largest absolute Gasteiger partial charge is 0.308 e. The van der Waals surface area contributed by atoms with Crippen molar-refractivity contribution in [3.63, 3.8) is 0 Å². The molecule has 1 aromatic heterocycles. The second-order valence-corrected chi connectivity index (χ2v) is 7.76. The minimum atomic E-state index is -0.162. The zero-order chi connectivity index (χ0) is 18.0. The van der Waals surface area contributed by atoms with Crippen LogP contribution in [0.15, 0.2) is 42.5 Å². The van der Waals surface area contributed by atoms with Gasteiger partial charge in [0.2, 0.25) is 0 Å². The normalized spacial score (nSPS) is 10.8. The fraction of sp³-hybridized carbons (Fsp3) is 0.222. The summed E-state index contributed by atoms with van der Waals surface area (Å²) in [7, 11) is 3.94. The number of benzene rings is 2. The van der Waals surface area contributed by atoms with Crippen LogP contribution in [0, 0.1) is 0 Å². The molecule has 0 saturated heterocycles. The van der Waals surface area contributed by atoms with Crippen molar-refractivity contribution in [1.29, 1.82) is 0 Å². The number of rotatable bonds is 5. The molecular weight excluding hydrogens is 413 g/mol. The van der Waals surface area contributed by atoms with E-state index in [-0.39, 0.29) is 18.3 Å². The first-order valence-corrected chi connectivity index (χ1v) is 9.29. The van der Waals surface area contributed by atoms with Crippen LogP contribution in [0.4, 0.5) is 5.13 Å². The maximum atomic E-state index is 13.1. The summed E-state index contributed by atoms with van der Waals surface area (Å²) in [6.07, 6.45) is 0. The van der Waals surface area contributed by atoms with Crippen LogP contribution in [-0.2, 0) is 0 Å². The number of hydrogen-bond donors (Lipinski definition) is 0. The maximum Gasteiger partial charge on any atom is 0.260 e. The number of likely N-dealkylation sites (N-methyl/N-ethyl adjacent to an activating group) is 1. The number of para-hydroxylation sites is 1. The van der Waals surface area contributed by atoms with Gasteiger partial charge in [-0.25, -0.2) is 4.98 Å². The molecule has 0 N–H and O–H groups in total. The zero-order valence-electron chi connectivity index (χ0n) is 14.3. The van der Waals surface area contributed by atoms with Gasteiger partial charge in [-0.2, -0.15) is 0 Å². The molecule has 4 nitrogen and oxygen atoms in total. The molecule has 0 radical (unpaired) electrons. The highest BCUT2D eigenvalue weighted by Crippen LogP contribution is 2.30. The number of carbonyl (C=O) groups is 1. The average Bonchev–Trinajstić information content (AvgIpc) is 2.97. The Hall–Kier alpha value is -1.37. The molecular formula is C18H18Cl3N3OS. The van der Waals surface area contributed by atoms with Gasteiger partial charge >= 0.3 is 0 Å². The lowest BCUT2D eigenvalue weighted by atomic mass is 10.2. The third-order valence-corrected chi connectivity index (χ3v) is 5.13. The third-order valence-electron chi connectivity index (χ3n) is 3.64. The van der Waals surface area contributed by atoms with Crippen molar-refractivity contribution in [1.82, 2.24) is 9.88 Å². The van der Waals surface area contributed by atoms with Gasteiger partial charge in [0.15, 0.2) is 5.13 Å². The number of nitrogens with zero attached hydrogens (tertiary/aromatic N) is 3.